The van der Waals surface area contributed by atoms with E-state index >= 15 is 0 Å². The lowest BCUT2D eigenvalue weighted by Crippen LogP contribution is -2.34. The fourth-order valence-corrected chi connectivity index (χ4v) is 3.17. The fraction of sp³-hybridized carbons (Fsp3) is 0.188. The van der Waals surface area contributed by atoms with Crippen LogP contribution in [0.15, 0.2) is 59.5 Å². The molecule has 0 amide bonds. The summed E-state index contributed by atoms with van der Waals surface area (Å²) in [4.78, 5) is 12.0. The summed E-state index contributed by atoms with van der Waals surface area (Å²) in [5.74, 6) is -0.148. The third-order valence-corrected chi connectivity index (χ3v) is 4.65. The molecule has 2 rings (SSSR count). The van der Waals surface area contributed by atoms with Crippen molar-refractivity contribution in [2.24, 2.45) is 0 Å². The molecule has 23 heavy (non-hydrogen) atoms. The summed E-state index contributed by atoms with van der Waals surface area (Å²) in [6, 6.07) is 13.3. The fourth-order valence-electron chi connectivity index (χ4n) is 1.99. The Kier molecular flexibility index (Phi) is 5.36. The van der Waals surface area contributed by atoms with E-state index in [9.17, 15) is 13.2 Å². The molecule has 1 N–H and O–H groups in total. The van der Waals surface area contributed by atoms with Gasteiger partial charge in [0.25, 0.3) is 0 Å². The Labute approximate surface area is 135 Å². The molecule has 2 aromatic carbocycles. The molecule has 122 valence electrons. The second-order valence-corrected chi connectivity index (χ2v) is 6.38. The van der Waals surface area contributed by atoms with E-state index in [-0.39, 0.29) is 4.90 Å². The number of hydrogen-bond acceptors (Lipinski definition) is 5. The number of benzene rings is 2. The molecule has 0 aliphatic heterocycles. The Bertz CT molecular complexity index is 757. The van der Waals surface area contributed by atoms with Crippen molar-refractivity contribution in [2.75, 3.05) is 14.2 Å². The zero-order chi connectivity index (χ0) is 16.9. The number of carbonyl (C=O) groups is 1. The van der Waals surface area contributed by atoms with Gasteiger partial charge in [-0.05, 0) is 29.8 Å². The summed E-state index contributed by atoms with van der Waals surface area (Å²) >= 11 is 0. The van der Waals surface area contributed by atoms with Crippen LogP contribution >= 0.6 is 0 Å². The minimum absolute atomic E-state index is 0.0307. The lowest BCUT2D eigenvalue weighted by molar-refractivity contribution is -0.142. The molecule has 0 fully saturated rings. The van der Waals surface area contributed by atoms with Gasteiger partial charge in [-0.2, -0.15) is 4.72 Å². The highest BCUT2D eigenvalue weighted by Crippen LogP contribution is 2.20. The molecular formula is C16H17NO5S. The van der Waals surface area contributed by atoms with Crippen LogP contribution in [0.5, 0.6) is 5.75 Å². The normalized spacial score (nSPS) is 12.4. The van der Waals surface area contributed by atoms with Crippen molar-refractivity contribution in [3.63, 3.8) is 0 Å². The highest BCUT2D eigenvalue weighted by atomic mass is 32.2. The van der Waals surface area contributed by atoms with E-state index in [1.54, 1.807) is 30.3 Å². The average molecular weight is 335 g/mol. The van der Waals surface area contributed by atoms with Crippen LogP contribution in [0.25, 0.3) is 0 Å². The zero-order valence-electron chi connectivity index (χ0n) is 12.7. The van der Waals surface area contributed by atoms with Crippen LogP contribution < -0.4 is 9.46 Å². The molecule has 0 saturated heterocycles. The predicted octanol–water partition coefficient (Wildman–Crippen LogP) is 1.89. The Balaban J connectivity index is 2.32. The van der Waals surface area contributed by atoms with E-state index in [2.05, 4.69) is 4.72 Å². The second-order valence-electron chi connectivity index (χ2n) is 4.66. The van der Waals surface area contributed by atoms with Gasteiger partial charge in [-0.3, -0.25) is 0 Å². The summed E-state index contributed by atoms with van der Waals surface area (Å²) in [5.41, 5.74) is 0.497. The van der Waals surface area contributed by atoms with Gasteiger partial charge in [0.15, 0.2) is 0 Å². The highest BCUT2D eigenvalue weighted by molar-refractivity contribution is 7.89. The Morgan fingerprint density at radius 2 is 1.61 bits per heavy atom. The van der Waals surface area contributed by atoms with Crippen LogP contribution in [0.4, 0.5) is 0 Å². The van der Waals surface area contributed by atoms with Crippen molar-refractivity contribution in [3.05, 3.63) is 60.2 Å². The van der Waals surface area contributed by atoms with E-state index < -0.39 is 22.0 Å². The number of ether oxygens (including phenoxy) is 2. The monoisotopic (exact) mass is 335 g/mol. The van der Waals surface area contributed by atoms with Gasteiger partial charge in [0.2, 0.25) is 10.0 Å². The largest absolute Gasteiger partial charge is 0.497 e. The number of sulfonamides is 1. The quantitative estimate of drug-likeness (QED) is 0.815. The molecule has 0 heterocycles. The highest BCUT2D eigenvalue weighted by Gasteiger charge is 2.27. The number of nitrogens with one attached hydrogen (secondary N) is 1. The number of methoxy groups -OCH3 is 2. The molecule has 1 unspecified atom stereocenters. The summed E-state index contributed by atoms with van der Waals surface area (Å²) < 4.78 is 37.0. The topological polar surface area (TPSA) is 81.7 Å². The number of rotatable bonds is 6. The molecule has 2 aromatic rings. The predicted molar refractivity (Wildman–Crippen MR) is 84.5 cm³/mol. The van der Waals surface area contributed by atoms with Gasteiger partial charge in [-0.1, -0.05) is 30.3 Å². The Hall–Kier alpha value is -2.38. The minimum Gasteiger partial charge on any atom is -0.497 e. The third kappa shape index (κ3) is 4.08. The van der Waals surface area contributed by atoms with Gasteiger partial charge < -0.3 is 9.47 Å². The average Bonchev–Trinajstić information content (AvgIpc) is 2.60. The summed E-state index contributed by atoms with van der Waals surface area (Å²) in [5, 5.41) is 0. The van der Waals surface area contributed by atoms with E-state index in [1.165, 1.54) is 38.5 Å². The van der Waals surface area contributed by atoms with E-state index in [4.69, 9.17) is 9.47 Å². The van der Waals surface area contributed by atoms with Gasteiger partial charge >= 0.3 is 5.97 Å². The lowest BCUT2D eigenvalue weighted by Gasteiger charge is -2.17. The smallest absolute Gasteiger partial charge is 0.328 e. The molecule has 0 bridgehead atoms. The van der Waals surface area contributed by atoms with Crippen molar-refractivity contribution in [1.82, 2.24) is 4.72 Å². The summed E-state index contributed by atoms with van der Waals surface area (Å²) in [6.45, 7) is 0. The van der Waals surface area contributed by atoms with E-state index in [0.717, 1.165) is 0 Å². The number of hydrogen-bond donors (Lipinski definition) is 1. The number of esters is 1. The van der Waals surface area contributed by atoms with Gasteiger partial charge in [0.05, 0.1) is 19.1 Å². The molecule has 0 radical (unpaired) electrons. The van der Waals surface area contributed by atoms with Crippen molar-refractivity contribution >= 4 is 16.0 Å². The molecule has 0 aromatic heterocycles. The van der Waals surface area contributed by atoms with Crippen LogP contribution in [-0.4, -0.2) is 28.6 Å². The maximum Gasteiger partial charge on any atom is 0.328 e. The maximum absolute atomic E-state index is 12.5. The first-order valence-corrected chi connectivity index (χ1v) is 8.25. The number of carbonyl (C=O) groups excluding carboxylic acids is 1. The summed E-state index contributed by atoms with van der Waals surface area (Å²) in [6.07, 6.45) is 0. The van der Waals surface area contributed by atoms with Crippen molar-refractivity contribution in [3.8, 4) is 5.75 Å². The van der Waals surface area contributed by atoms with E-state index in [1.807, 2.05) is 0 Å². The summed E-state index contributed by atoms with van der Waals surface area (Å²) in [7, 11) is -1.20. The molecule has 0 aliphatic rings. The molecule has 7 heteroatoms. The standard InChI is InChI=1S/C16H17NO5S/c1-21-13-8-10-14(11-9-13)23(19,20)17-15(16(18)22-2)12-6-4-3-5-7-12/h3-11,15,17H,1-2H3. The molecule has 0 aliphatic carbocycles. The first-order chi connectivity index (χ1) is 11.0. The van der Waals surface area contributed by atoms with Crippen LogP contribution in [0.2, 0.25) is 0 Å². The lowest BCUT2D eigenvalue weighted by atomic mass is 10.1. The third-order valence-electron chi connectivity index (χ3n) is 3.21. The minimum atomic E-state index is -3.89. The molecule has 1 atom stereocenters. The van der Waals surface area contributed by atoms with E-state index in [0.29, 0.717) is 11.3 Å². The van der Waals surface area contributed by atoms with Crippen molar-refractivity contribution in [1.29, 1.82) is 0 Å². The van der Waals surface area contributed by atoms with Crippen LogP contribution in [0.1, 0.15) is 11.6 Å². The first kappa shape index (κ1) is 17.0. The maximum atomic E-state index is 12.5. The van der Waals surface area contributed by atoms with Crippen molar-refractivity contribution < 1.29 is 22.7 Å². The molecular weight excluding hydrogens is 318 g/mol. The second kappa shape index (κ2) is 7.26. The van der Waals surface area contributed by atoms with Gasteiger partial charge in [0, 0.05) is 0 Å². The molecule has 0 spiro atoms. The van der Waals surface area contributed by atoms with Gasteiger partial charge in [-0.15, -0.1) is 0 Å². The van der Waals surface area contributed by atoms with Gasteiger partial charge in [0.1, 0.15) is 11.8 Å². The SMILES string of the molecule is COC(=O)C(NS(=O)(=O)c1ccc(OC)cc1)c1ccccc1. The van der Waals surface area contributed by atoms with Crippen LogP contribution in [-0.2, 0) is 19.6 Å². The van der Waals surface area contributed by atoms with Crippen LogP contribution in [0.3, 0.4) is 0 Å². The zero-order valence-corrected chi connectivity index (χ0v) is 13.5. The Morgan fingerprint density at radius 1 is 1.00 bits per heavy atom. The first-order valence-electron chi connectivity index (χ1n) is 6.77. The molecule has 0 saturated carbocycles. The Morgan fingerprint density at radius 3 is 2.13 bits per heavy atom. The van der Waals surface area contributed by atoms with Gasteiger partial charge in [-0.25, -0.2) is 13.2 Å². The van der Waals surface area contributed by atoms with Crippen LogP contribution in [0, 0.1) is 0 Å². The van der Waals surface area contributed by atoms with Crippen molar-refractivity contribution in [2.45, 2.75) is 10.9 Å². The molecule has 6 nitrogen and oxygen atoms in total.